The van der Waals surface area contributed by atoms with Crippen LogP contribution in [-0.2, 0) is 4.74 Å². The molecule has 0 unspecified atom stereocenters. The molecule has 0 amide bonds. The summed E-state index contributed by atoms with van der Waals surface area (Å²) < 4.78 is 5.28. The minimum absolute atomic E-state index is 0.0673. The minimum Gasteiger partial charge on any atom is -0.378 e. The molecule has 0 aromatic carbocycles. The number of aromatic nitrogens is 7. The SMILES string of the molecule is CCCNc1nc(Cl)nc(NNc2nnc(N3CCOCC3)nn2)n1. The van der Waals surface area contributed by atoms with Crippen molar-refractivity contribution in [1.29, 1.82) is 0 Å². The highest BCUT2D eigenvalue weighted by atomic mass is 35.5. The second-order valence-corrected chi connectivity index (χ2v) is 5.39. The zero-order valence-electron chi connectivity index (χ0n) is 13.6. The van der Waals surface area contributed by atoms with E-state index in [4.69, 9.17) is 16.3 Å². The predicted molar refractivity (Wildman–Crippen MR) is 91.5 cm³/mol. The van der Waals surface area contributed by atoms with Crippen LogP contribution in [0, 0.1) is 0 Å². The quantitative estimate of drug-likeness (QED) is 0.576. The molecule has 1 aliphatic rings. The Morgan fingerprint density at radius 2 is 1.64 bits per heavy atom. The average Bonchev–Trinajstić information content (AvgIpc) is 2.65. The fourth-order valence-corrected chi connectivity index (χ4v) is 2.16. The predicted octanol–water partition coefficient (Wildman–Crippen LogP) is 0.202. The molecule has 13 heteroatoms. The lowest BCUT2D eigenvalue weighted by Gasteiger charge is -2.25. The lowest BCUT2D eigenvalue weighted by atomic mass is 10.4. The summed E-state index contributed by atoms with van der Waals surface area (Å²) in [5.41, 5.74) is 5.46. The highest BCUT2D eigenvalue weighted by Gasteiger charge is 2.15. The molecule has 0 radical (unpaired) electrons. The zero-order valence-corrected chi connectivity index (χ0v) is 14.4. The Morgan fingerprint density at radius 3 is 2.36 bits per heavy atom. The van der Waals surface area contributed by atoms with Gasteiger partial charge >= 0.3 is 0 Å². The molecule has 3 N–H and O–H groups in total. The van der Waals surface area contributed by atoms with Crippen molar-refractivity contribution in [2.75, 3.05) is 53.9 Å². The molecular weight excluding hydrogens is 350 g/mol. The lowest BCUT2D eigenvalue weighted by Crippen LogP contribution is -2.37. The van der Waals surface area contributed by atoms with E-state index in [-0.39, 0.29) is 17.2 Å². The van der Waals surface area contributed by atoms with E-state index in [0.29, 0.717) is 38.2 Å². The number of anilines is 4. The van der Waals surface area contributed by atoms with E-state index in [9.17, 15) is 0 Å². The Labute approximate surface area is 148 Å². The minimum atomic E-state index is 0.0673. The van der Waals surface area contributed by atoms with Gasteiger partial charge in [0.1, 0.15) is 0 Å². The topological polar surface area (TPSA) is 139 Å². The van der Waals surface area contributed by atoms with Gasteiger partial charge in [-0.15, -0.1) is 20.4 Å². The van der Waals surface area contributed by atoms with E-state index in [0.717, 1.165) is 13.0 Å². The normalized spacial score (nSPS) is 14.2. The van der Waals surface area contributed by atoms with Gasteiger partial charge in [-0.1, -0.05) is 6.92 Å². The number of hydrogen-bond donors (Lipinski definition) is 3. The maximum absolute atomic E-state index is 5.88. The van der Waals surface area contributed by atoms with Crippen LogP contribution >= 0.6 is 11.6 Å². The van der Waals surface area contributed by atoms with Gasteiger partial charge in [0.15, 0.2) is 0 Å². The summed E-state index contributed by atoms with van der Waals surface area (Å²) >= 11 is 5.88. The number of ether oxygens (including phenoxy) is 1. The number of nitrogens with zero attached hydrogens (tertiary/aromatic N) is 8. The molecule has 0 aliphatic carbocycles. The van der Waals surface area contributed by atoms with Gasteiger partial charge in [-0.05, 0) is 18.0 Å². The van der Waals surface area contributed by atoms with Crippen LogP contribution in [0.2, 0.25) is 5.28 Å². The lowest BCUT2D eigenvalue weighted by molar-refractivity contribution is 0.122. The van der Waals surface area contributed by atoms with Crippen molar-refractivity contribution < 1.29 is 4.74 Å². The van der Waals surface area contributed by atoms with Gasteiger partial charge in [-0.2, -0.15) is 15.0 Å². The van der Waals surface area contributed by atoms with Gasteiger partial charge in [0.05, 0.1) is 13.2 Å². The van der Waals surface area contributed by atoms with Crippen molar-refractivity contribution in [3.05, 3.63) is 5.28 Å². The van der Waals surface area contributed by atoms with Crippen LogP contribution in [0.25, 0.3) is 0 Å². The first-order chi connectivity index (χ1) is 12.2. The van der Waals surface area contributed by atoms with Gasteiger partial charge < -0.3 is 15.0 Å². The highest BCUT2D eigenvalue weighted by molar-refractivity contribution is 6.28. The highest BCUT2D eigenvalue weighted by Crippen LogP contribution is 2.10. The molecule has 1 saturated heterocycles. The second kappa shape index (κ2) is 8.48. The Hall–Kier alpha value is -2.60. The standard InChI is InChI=1S/C12H18ClN11O/c1-2-3-14-9-15-8(13)16-10(17-9)18-19-11-20-22-12(23-21-11)24-4-6-25-7-5-24/h2-7H2,1H3,(H,19,20,21)(H2,14,15,16,17,18). The molecule has 2 aromatic rings. The van der Waals surface area contributed by atoms with Crippen molar-refractivity contribution in [1.82, 2.24) is 35.3 Å². The molecule has 134 valence electrons. The third kappa shape index (κ3) is 4.93. The van der Waals surface area contributed by atoms with Crippen LogP contribution in [0.4, 0.5) is 23.8 Å². The van der Waals surface area contributed by atoms with Crippen molar-refractivity contribution in [3.8, 4) is 0 Å². The monoisotopic (exact) mass is 367 g/mol. The van der Waals surface area contributed by atoms with E-state index in [1.807, 2.05) is 11.8 Å². The maximum atomic E-state index is 5.88. The van der Waals surface area contributed by atoms with Crippen LogP contribution in [0.5, 0.6) is 0 Å². The van der Waals surface area contributed by atoms with E-state index < -0.39 is 0 Å². The second-order valence-electron chi connectivity index (χ2n) is 5.05. The molecule has 0 saturated carbocycles. The van der Waals surface area contributed by atoms with E-state index in [1.54, 1.807) is 0 Å². The Balaban J connectivity index is 1.58. The summed E-state index contributed by atoms with van der Waals surface area (Å²) in [7, 11) is 0. The van der Waals surface area contributed by atoms with Crippen molar-refractivity contribution in [2.45, 2.75) is 13.3 Å². The maximum Gasteiger partial charge on any atom is 0.280 e. The largest absolute Gasteiger partial charge is 0.378 e. The van der Waals surface area contributed by atoms with Gasteiger partial charge in [-0.25, -0.2) is 0 Å². The van der Waals surface area contributed by atoms with Crippen LogP contribution in [-0.4, -0.2) is 68.2 Å². The molecule has 3 rings (SSSR count). The third-order valence-electron chi connectivity index (χ3n) is 3.19. The summed E-state index contributed by atoms with van der Waals surface area (Å²) in [5.74, 6) is 1.24. The van der Waals surface area contributed by atoms with Crippen LogP contribution in [0.15, 0.2) is 0 Å². The molecule has 0 atom stereocenters. The van der Waals surface area contributed by atoms with Gasteiger partial charge in [-0.3, -0.25) is 10.9 Å². The van der Waals surface area contributed by atoms with Gasteiger partial charge in [0.2, 0.25) is 17.2 Å². The zero-order chi connectivity index (χ0) is 17.5. The van der Waals surface area contributed by atoms with E-state index >= 15 is 0 Å². The molecule has 2 aromatic heterocycles. The average molecular weight is 368 g/mol. The number of rotatable bonds is 7. The first-order valence-corrected chi connectivity index (χ1v) is 8.20. The van der Waals surface area contributed by atoms with E-state index in [1.165, 1.54) is 0 Å². The van der Waals surface area contributed by atoms with Gasteiger partial charge in [0, 0.05) is 19.6 Å². The first kappa shape index (κ1) is 17.2. The molecular formula is C12H18ClN11O. The fourth-order valence-electron chi connectivity index (χ4n) is 2.00. The van der Waals surface area contributed by atoms with Crippen LogP contribution < -0.4 is 21.1 Å². The number of halogens is 1. The summed E-state index contributed by atoms with van der Waals surface area (Å²) in [6, 6.07) is 0. The molecule has 1 aliphatic heterocycles. The molecule has 12 nitrogen and oxygen atoms in total. The number of morpholine rings is 1. The van der Waals surface area contributed by atoms with E-state index in [2.05, 4.69) is 51.5 Å². The number of hydrogen-bond acceptors (Lipinski definition) is 12. The van der Waals surface area contributed by atoms with Crippen molar-refractivity contribution in [3.63, 3.8) is 0 Å². The van der Waals surface area contributed by atoms with Crippen molar-refractivity contribution >= 4 is 35.4 Å². The Morgan fingerprint density at radius 1 is 0.960 bits per heavy atom. The molecule has 3 heterocycles. The van der Waals surface area contributed by atoms with Gasteiger partial charge in [0.25, 0.3) is 11.9 Å². The summed E-state index contributed by atoms with van der Waals surface area (Å²) in [6.45, 7) is 5.47. The van der Waals surface area contributed by atoms with Crippen molar-refractivity contribution in [2.24, 2.45) is 0 Å². The summed E-state index contributed by atoms with van der Waals surface area (Å²) in [6.07, 6.45) is 0.936. The number of hydrazine groups is 1. The summed E-state index contributed by atoms with van der Waals surface area (Å²) in [4.78, 5) is 14.1. The first-order valence-electron chi connectivity index (χ1n) is 7.82. The Kier molecular flexibility index (Phi) is 5.85. The number of nitrogens with one attached hydrogen (secondary N) is 3. The molecule has 0 bridgehead atoms. The molecule has 1 fully saturated rings. The Bertz CT molecular complexity index is 679. The third-order valence-corrected chi connectivity index (χ3v) is 3.36. The van der Waals surface area contributed by atoms with Crippen LogP contribution in [0.3, 0.4) is 0 Å². The molecule has 25 heavy (non-hydrogen) atoms. The smallest absolute Gasteiger partial charge is 0.280 e. The van der Waals surface area contributed by atoms with Crippen LogP contribution in [0.1, 0.15) is 13.3 Å². The molecule has 0 spiro atoms. The summed E-state index contributed by atoms with van der Waals surface area (Å²) in [5, 5.41) is 19.1. The fraction of sp³-hybridized carbons (Fsp3) is 0.583.